The number of sulfone groups is 1. The Kier molecular flexibility index (Phi) is 8.15. The number of alkyl carbamates (subject to hydrolysis) is 1. The number of nitrogens with two attached hydrogens (primary N) is 1. The average Bonchev–Trinajstić information content (AvgIpc) is 2.86. The Morgan fingerprint density at radius 1 is 1.34 bits per heavy atom. The summed E-state index contributed by atoms with van der Waals surface area (Å²) in [4.78, 5) is 31.0. The predicted molar refractivity (Wildman–Crippen MR) is 135 cm³/mol. The monoisotopic (exact) mass is 551 g/mol. The van der Waals surface area contributed by atoms with Crippen molar-refractivity contribution in [2.45, 2.75) is 63.8 Å². The van der Waals surface area contributed by atoms with E-state index >= 15 is 0 Å². The van der Waals surface area contributed by atoms with Crippen LogP contribution in [0.3, 0.4) is 0 Å². The summed E-state index contributed by atoms with van der Waals surface area (Å²) in [6.45, 7) is 8.26. The average molecular weight is 552 g/mol. The van der Waals surface area contributed by atoms with Gasteiger partial charge in [0.05, 0.1) is 46.4 Å². The normalized spacial score (nSPS) is 17.6. The number of carbonyl (C=O) groups is 2. The molecule has 0 spiro atoms. The zero-order valence-electron chi connectivity index (χ0n) is 21.6. The van der Waals surface area contributed by atoms with Crippen LogP contribution in [-0.4, -0.2) is 59.9 Å². The molecule has 4 N–H and O–H groups in total. The van der Waals surface area contributed by atoms with Gasteiger partial charge >= 0.3 is 6.09 Å². The number of amides is 2. The zero-order valence-corrected chi connectivity index (χ0v) is 22.4. The molecule has 1 atom stereocenters. The smallest absolute Gasteiger partial charge is 0.408 e. The summed E-state index contributed by atoms with van der Waals surface area (Å²) in [7, 11) is -4.32. The first-order chi connectivity index (χ1) is 17.6. The molecular weight excluding hydrogens is 521 g/mol. The maximum Gasteiger partial charge on any atom is 0.408 e. The molecule has 2 amide bonds. The lowest BCUT2D eigenvalue weighted by Crippen LogP contribution is -2.51. The van der Waals surface area contributed by atoms with E-state index in [1.54, 1.807) is 32.9 Å². The number of benzene rings is 1. The number of fused-ring (bicyclic) bond motifs is 1. The van der Waals surface area contributed by atoms with Crippen molar-refractivity contribution in [2.75, 3.05) is 10.7 Å². The van der Waals surface area contributed by atoms with Crippen LogP contribution < -0.4 is 20.7 Å². The first-order valence-electron chi connectivity index (χ1n) is 11.6. The molecule has 0 saturated carbocycles. The highest BCUT2D eigenvalue weighted by Crippen LogP contribution is 2.34. The number of carbonyl (C=O) groups excluding carboxylic acids is 2. The van der Waals surface area contributed by atoms with Crippen LogP contribution in [0, 0.1) is 5.82 Å². The van der Waals surface area contributed by atoms with Crippen molar-refractivity contribution in [3.8, 4) is 5.75 Å². The zero-order chi connectivity index (χ0) is 28.4. The molecule has 0 radical (unpaired) electrons. The van der Waals surface area contributed by atoms with Crippen LogP contribution in [0.5, 0.6) is 5.75 Å². The van der Waals surface area contributed by atoms with Crippen LogP contribution in [-0.2, 0) is 25.9 Å². The lowest BCUT2D eigenvalue weighted by atomic mass is 10.1. The van der Waals surface area contributed by atoms with E-state index in [-0.39, 0.29) is 18.3 Å². The predicted octanol–water partition coefficient (Wildman–Crippen LogP) is 2.32. The van der Waals surface area contributed by atoms with E-state index in [2.05, 4.69) is 15.5 Å². The number of halogens is 1. The van der Waals surface area contributed by atoms with Crippen molar-refractivity contribution in [3.05, 3.63) is 47.5 Å². The molecule has 0 aliphatic carbocycles. The number of amidine groups is 1. The van der Waals surface area contributed by atoms with Crippen molar-refractivity contribution >= 4 is 33.4 Å². The molecule has 2 aromatic rings. The Hall–Kier alpha value is -3.94. The topological polar surface area (TPSA) is 174 Å². The Bertz CT molecular complexity index is 1360. The number of oxime groups is 1. The van der Waals surface area contributed by atoms with Crippen LogP contribution in [0.15, 0.2) is 40.5 Å². The van der Waals surface area contributed by atoms with E-state index in [1.165, 1.54) is 6.20 Å². The van der Waals surface area contributed by atoms with Crippen molar-refractivity contribution in [1.82, 2.24) is 10.3 Å². The lowest BCUT2D eigenvalue weighted by molar-refractivity contribution is -0.120. The van der Waals surface area contributed by atoms with Crippen LogP contribution in [0.2, 0.25) is 0 Å². The summed E-state index contributed by atoms with van der Waals surface area (Å²) in [6.07, 6.45) is 0.338. The van der Waals surface area contributed by atoms with Gasteiger partial charge in [-0.1, -0.05) is 5.16 Å². The maximum atomic E-state index is 14.8. The standard InChI is InChI=1S/C24H30FN5O7S/c1-13(2)36-15-7-6-14(27-10-15)11-30-19-8-16(21(26)29-33)17(25)9-20(19)38(34,35)12-18(22(30)31)28-23(32)37-24(3,4)5/h6-10,13,18,33H,11-12H2,1-5H3,(H2,26,29)(H,28,32)/t18-/m0/s1. The van der Waals surface area contributed by atoms with Gasteiger partial charge < -0.3 is 30.6 Å². The first kappa shape index (κ1) is 28.6. The van der Waals surface area contributed by atoms with Gasteiger partial charge in [0.2, 0.25) is 0 Å². The van der Waals surface area contributed by atoms with Gasteiger partial charge in [-0.05, 0) is 58.9 Å². The number of rotatable bonds is 6. The van der Waals surface area contributed by atoms with E-state index < -0.39 is 61.3 Å². The highest BCUT2D eigenvalue weighted by Gasteiger charge is 2.40. The largest absolute Gasteiger partial charge is 0.489 e. The van der Waals surface area contributed by atoms with Gasteiger partial charge in [0.1, 0.15) is 23.2 Å². The van der Waals surface area contributed by atoms with E-state index in [9.17, 15) is 22.4 Å². The molecule has 0 bridgehead atoms. The van der Waals surface area contributed by atoms with Crippen molar-refractivity contribution in [1.29, 1.82) is 0 Å². The van der Waals surface area contributed by atoms with Gasteiger partial charge in [0.15, 0.2) is 15.7 Å². The van der Waals surface area contributed by atoms with Gasteiger partial charge in [-0.25, -0.2) is 17.6 Å². The van der Waals surface area contributed by atoms with Crippen LogP contribution in [0.25, 0.3) is 0 Å². The third kappa shape index (κ3) is 6.68. The quantitative estimate of drug-likeness (QED) is 0.211. The SMILES string of the molecule is CC(C)Oc1ccc(CN2C(=O)[C@@H](NC(=O)OC(C)(C)C)CS(=O)(=O)c3cc(F)c(/C(N)=N/O)cc32)nc1. The Labute approximate surface area is 219 Å². The fraction of sp³-hybridized carbons (Fsp3) is 0.417. The van der Waals surface area contributed by atoms with Crippen molar-refractivity contribution in [3.63, 3.8) is 0 Å². The number of nitrogens with zero attached hydrogens (tertiary/aromatic N) is 3. The highest BCUT2D eigenvalue weighted by molar-refractivity contribution is 7.91. The number of anilines is 1. The molecule has 1 aliphatic rings. The molecule has 206 valence electrons. The summed E-state index contributed by atoms with van der Waals surface area (Å²) < 4.78 is 52.2. The van der Waals surface area contributed by atoms with E-state index in [1.807, 2.05) is 13.8 Å². The lowest BCUT2D eigenvalue weighted by Gasteiger charge is -2.27. The summed E-state index contributed by atoms with van der Waals surface area (Å²) in [5.74, 6) is -2.90. The molecule has 1 aromatic heterocycles. The third-order valence-corrected chi connectivity index (χ3v) is 6.96. The number of pyridine rings is 1. The van der Waals surface area contributed by atoms with E-state index in [4.69, 9.17) is 20.4 Å². The van der Waals surface area contributed by atoms with Gasteiger partial charge in [0.25, 0.3) is 5.91 Å². The second-order valence-corrected chi connectivity index (χ2v) is 11.8. The maximum absolute atomic E-state index is 14.8. The molecular formula is C24H30FN5O7S. The molecule has 2 heterocycles. The summed E-state index contributed by atoms with van der Waals surface area (Å²) in [5.41, 5.74) is 4.36. The van der Waals surface area contributed by atoms with Crippen LogP contribution >= 0.6 is 0 Å². The highest BCUT2D eigenvalue weighted by atomic mass is 32.2. The Balaban J connectivity index is 2.12. The van der Waals surface area contributed by atoms with Crippen LogP contribution in [0.4, 0.5) is 14.9 Å². The minimum absolute atomic E-state index is 0.0985. The van der Waals surface area contributed by atoms with Gasteiger partial charge in [-0.15, -0.1) is 0 Å². The molecule has 0 unspecified atom stereocenters. The second-order valence-electron chi connectivity index (χ2n) is 9.84. The minimum atomic E-state index is -4.32. The van der Waals surface area contributed by atoms with Crippen LogP contribution in [0.1, 0.15) is 45.9 Å². The first-order valence-corrected chi connectivity index (χ1v) is 13.2. The van der Waals surface area contributed by atoms with E-state index in [0.29, 0.717) is 17.5 Å². The van der Waals surface area contributed by atoms with Gasteiger partial charge in [0, 0.05) is 0 Å². The van der Waals surface area contributed by atoms with Gasteiger partial charge in [-0.2, -0.15) is 0 Å². The molecule has 14 heteroatoms. The van der Waals surface area contributed by atoms with Crippen molar-refractivity contribution < 1.29 is 37.1 Å². The fourth-order valence-corrected chi connectivity index (χ4v) is 5.28. The third-order valence-electron chi connectivity index (χ3n) is 5.19. The molecule has 1 aromatic carbocycles. The summed E-state index contributed by atoms with van der Waals surface area (Å²) in [6, 6.07) is 3.34. The number of ether oxygens (including phenoxy) is 2. The fourth-order valence-electron chi connectivity index (χ4n) is 3.67. The minimum Gasteiger partial charge on any atom is -0.489 e. The van der Waals surface area contributed by atoms with E-state index in [0.717, 1.165) is 11.0 Å². The summed E-state index contributed by atoms with van der Waals surface area (Å²) in [5, 5.41) is 14.2. The molecule has 1 aliphatic heterocycles. The molecule has 0 saturated heterocycles. The summed E-state index contributed by atoms with van der Waals surface area (Å²) >= 11 is 0. The number of hydrogen-bond donors (Lipinski definition) is 3. The van der Waals surface area contributed by atoms with Crippen molar-refractivity contribution in [2.24, 2.45) is 10.9 Å². The number of nitrogens with one attached hydrogen (secondary N) is 1. The molecule has 38 heavy (non-hydrogen) atoms. The number of hydrogen-bond acceptors (Lipinski definition) is 9. The Morgan fingerprint density at radius 2 is 2.03 bits per heavy atom. The molecule has 3 rings (SSSR count). The van der Waals surface area contributed by atoms with Gasteiger partial charge in [-0.3, -0.25) is 9.78 Å². The number of aromatic nitrogens is 1. The Morgan fingerprint density at radius 3 is 2.58 bits per heavy atom. The molecule has 12 nitrogen and oxygen atoms in total. The molecule has 0 fully saturated rings. The second kappa shape index (κ2) is 10.8.